The first kappa shape index (κ1) is 83.2. The number of rotatable bonds is 7. The van der Waals surface area contributed by atoms with Gasteiger partial charge in [-0.25, -0.2) is 28.0 Å². The second-order valence-corrected chi connectivity index (χ2v) is 3.68. The van der Waals surface area contributed by atoms with Crippen LogP contribution in [0.5, 0.6) is 0 Å². The average Bonchev–Trinajstić information content (AvgIpc) is 2.95. The van der Waals surface area contributed by atoms with Crippen LogP contribution in [-0.2, 0) is 23.7 Å². The molecule has 0 aliphatic rings. The summed E-state index contributed by atoms with van der Waals surface area (Å²) >= 11 is 0. The maximum Gasteiger partial charge on any atom is 0.495 e. The Balaban J connectivity index is -0.0000000215. The summed E-state index contributed by atoms with van der Waals surface area (Å²) in [7, 11) is 1.97. The van der Waals surface area contributed by atoms with Crippen molar-refractivity contribution in [3.8, 4) is 0 Å². The van der Waals surface area contributed by atoms with Crippen LogP contribution in [-0.4, -0.2) is 90.5 Å². The molecule has 0 aliphatic heterocycles. The minimum absolute atomic E-state index is 0. The lowest BCUT2D eigenvalue weighted by molar-refractivity contribution is -0.138. The number of aliphatic hydroxyl groups excluding tert-OH is 1. The highest BCUT2D eigenvalue weighted by Crippen LogP contribution is 1.85. The molecule has 1 unspecified atom stereocenters. The Kier molecular flexibility index (Phi) is 215. The van der Waals surface area contributed by atoms with Crippen LogP contribution in [0.1, 0.15) is 36.6 Å². The van der Waals surface area contributed by atoms with Crippen LogP contribution in [0.4, 0.5) is 45.1 Å². The molecule has 1 N–H and O–H groups in total. The molecule has 0 heterocycles. The molecule has 0 radical (unpaired) electrons. The van der Waals surface area contributed by atoms with E-state index >= 15 is 0 Å². The van der Waals surface area contributed by atoms with Gasteiger partial charge < -0.3 is 24.1 Å². The van der Waals surface area contributed by atoms with Crippen molar-refractivity contribution in [3.05, 3.63) is 52.1 Å². The number of methoxy groups -OCH3 is 1. The van der Waals surface area contributed by atoms with E-state index in [1.165, 1.54) is 6.92 Å². The normalized spacial score (nSPS) is 6.76. The molecule has 0 saturated heterocycles. The minimum atomic E-state index is -1.93. The second kappa shape index (κ2) is 108. The number of aliphatic hydroxyl groups is 1. The van der Waals surface area contributed by atoms with E-state index in [4.69, 9.17) is 14.7 Å². The molecule has 16 heteroatoms. The number of carbonyl (C=O) groups is 4. The average molecular weight is 645 g/mol. The van der Waals surface area contributed by atoms with Gasteiger partial charge in [0.15, 0.2) is 0 Å². The van der Waals surface area contributed by atoms with E-state index in [2.05, 4.69) is 65.0 Å². The van der Waals surface area contributed by atoms with Crippen LogP contribution < -0.4 is 0 Å². The first-order chi connectivity index (χ1) is 18.0. The van der Waals surface area contributed by atoms with E-state index in [1.807, 2.05) is 0 Å². The van der Waals surface area contributed by atoms with Crippen molar-refractivity contribution in [1.29, 1.82) is 0 Å². The molecule has 0 amide bonds. The molecule has 0 bridgehead atoms. The van der Waals surface area contributed by atoms with Crippen molar-refractivity contribution in [2.45, 2.75) is 42.7 Å². The van der Waals surface area contributed by atoms with E-state index in [1.54, 1.807) is 0 Å². The molecule has 42 heavy (non-hydrogen) atoms. The lowest BCUT2D eigenvalue weighted by Gasteiger charge is -1.99. The van der Waals surface area contributed by atoms with Crippen molar-refractivity contribution in [1.82, 2.24) is 0 Å². The molecule has 9 nitrogen and oxygen atoms in total. The van der Waals surface area contributed by atoms with Crippen LogP contribution >= 0.6 is 0 Å². The zero-order chi connectivity index (χ0) is 33.0. The summed E-state index contributed by atoms with van der Waals surface area (Å²) in [6.07, 6.45) is -5.33. The fraction of sp³-hybridized carbons (Fsp3) is 0.538. The molecule has 1 atom stereocenters. The maximum atomic E-state index is 11.2. The molecule has 0 aliphatic carbocycles. The molecular formula is C26H55F7O9. The summed E-state index contributed by atoms with van der Waals surface area (Å²) in [5.74, 6) is -0.581. The van der Waals surface area contributed by atoms with Gasteiger partial charge in [0.2, 0.25) is 0 Å². The number of ether oxygens (including phenoxy) is 4. The van der Waals surface area contributed by atoms with Gasteiger partial charge in [0.05, 0.1) is 27.6 Å². The van der Waals surface area contributed by atoms with Crippen molar-refractivity contribution in [2.75, 3.05) is 54.6 Å². The standard InChI is InChI=1S/C5H7FO2.C4H7FO3.C3H4F2O2.C2H3FO2.3C2H4.2CH3F.4CH4/c1-2-5(7)8-4-3-6;1-3(6)2-8-4(5)7;4-1-2-7-3(5)6;1-5-2(3)4;5*1-2;;;;/h2H,1,3-4H2;3,6H,2H2,1H3;1-2H2;1H3;3*1-2H2;2*1H3;4*1H4. The SMILES string of the molecule is C.C.C.C.C=C.C=C.C=C.C=CC(=O)OCCF.CC(O)COC(=O)F.CF.CF.COC(=O)F.O=C(F)OCCF. The largest absolute Gasteiger partial charge is 0.495 e. The predicted octanol–water partition coefficient (Wildman–Crippen LogP) is 9.07. The van der Waals surface area contributed by atoms with Crippen LogP contribution in [0.15, 0.2) is 52.1 Å². The molecule has 0 saturated carbocycles. The maximum absolute atomic E-state index is 11.2. The Hall–Kier alpha value is -3.69. The highest BCUT2D eigenvalue weighted by atomic mass is 19.2. The summed E-state index contributed by atoms with van der Waals surface area (Å²) in [6, 6.07) is 0. The first-order valence-electron chi connectivity index (χ1n) is 9.21. The van der Waals surface area contributed by atoms with E-state index in [0.717, 1.165) is 13.2 Å². The molecule has 0 aromatic rings. The molecule has 262 valence electrons. The number of hydrogen-bond acceptors (Lipinski definition) is 9. The Morgan fingerprint density at radius 3 is 1.07 bits per heavy atom. The minimum Gasteiger partial charge on any atom is -0.460 e. The van der Waals surface area contributed by atoms with Crippen molar-refractivity contribution in [2.24, 2.45) is 0 Å². The highest BCUT2D eigenvalue weighted by Gasteiger charge is 1.99. The summed E-state index contributed by atoms with van der Waals surface area (Å²) in [5.41, 5.74) is 0. The van der Waals surface area contributed by atoms with Gasteiger partial charge in [0.25, 0.3) is 0 Å². The predicted molar refractivity (Wildman–Crippen MR) is 158 cm³/mol. The van der Waals surface area contributed by atoms with Gasteiger partial charge in [-0.1, -0.05) is 36.3 Å². The smallest absolute Gasteiger partial charge is 0.460 e. The fourth-order valence-corrected chi connectivity index (χ4v) is 0.503. The van der Waals surface area contributed by atoms with Gasteiger partial charge in [0.1, 0.15) is 33.2 Å². The van der Waals surface area contributed by atoms with Gasteiger partial charge in [-0.05, 0) is 6.92 Å². The molecule has 0 aromatic heterocycles. The lowest BCUT2D eigenvalue weighted by Crippen LogP contribution is -2.11. The monoisotopic (exact) mass is 644 g/mol. The molecule has 0 rings (SSSR count). The fourth-order valence-electron chi connectivity index (χ4n) is 0.503. The van der Waals surface area contributed by atoms with Gasteiger partial charge in [-0.3, -0.25) is 8.78 Å². The number of alkyl halides is 4. The van der Waals surface area contributed by atoms with Gasteiger partial charge in [-0.15, -0.1) is 52.6 Å². The molecule has 0 fully saturated rings. The molecular weight excluding hydrogens is 589 g/mol. The Bertz CT molecular complexity index is 484. The van der Waals surface area contributed by atoms with Crippen molar-refractivity contribution in [3.63, 3.8) is 0 Å². The third-order valence-electron chi connectivity index (χ3n) is 1.38. The molecule has 0 spiro atoms. The van der Waals surface area contributed by atoms with Gasteiger partial charge in [-0.2, -0.15) is 0 Å². The Morgan fingerprint density at radius 2 is 0.952 bits per heavy atom. The lowest BCUT2D eigenvalue weighted by atomic mass is 10.5. The van der Waals surface area contributed by atoms with E-state index < -0.39 is 50.7 Å². The summed E-state index contributed by atoms with van der Waals surface area (Å²) in [5, 5.41) is 8.36. The Morgan fingerprint density at radius 1 is 0.690 bits per heavy atom. The summed E-state index contributed by atoms with van der Waals surface area (Å²) in [4.78, 5) is 37.5. The van der Waals surface area contributed by atoms with Crippen LogP contribution in [0.25, 0.3) is 0 Å². The van der Waals surface area contributed by atoms with Crippen LogP contribution in [0.2, 0.25) is 0 Å². The van der Waals surface area contributed by atoms with Gasteiger partial charge in [0, 0.05) is 6.08 Å². The summed E-state index contributed by atoms with van der Waals surface area (Å²) in [6.45, 7) is 20.1. The zero-order valence-electron chi connectivity index (χ0n) is 22.0. The summed E-state index contributed by atoms with van der Waals surface area (Å²) < 4.78 is 88.5. The van der Waals surface area contributed by atoms with E-state index in [0.29, 0.717) is 14.4 Å². The van der Waals surface area contributed by atoms with Crippen LogP contribution in [0, 0.1) is 0 Å². The third-order valence-corrected chi connectivity index (χ3v) is 1.38. The zero-order valence-corrected chi connectivity index (χ0v) is 22.0. The van der Waals surface area contributed by atoms with Crippen LogP contribution in [0.3, 0.4) is 0 Å². The number of hydrogen-bond donors (Lipinski definition) is 1. The van der Waals surface area contributed by atoms with Crippen molar-refractivity contribution >= 4 is 24.6 Å². The third kappa shape index (κ3) is 256. The van der Waals surface area contributed by atoms with E-state index in [-0.39, 0.29) is 42.9 Å². The number of halogens is 7. The highest BCUT2D eigenvalue weighted by molar-refractivity contribution is 5.81. The Labute approximate surface area is 248 Å². The van der Waals surface area contributed by atoms with Crippen molar-refractivity contribution < 1.29 is 74.0 Å². The quantitative estimate of drug-likeness (QED) is 0.0721. The number of carbonyl (C=O) groups excluding carboxylic acids is 4. The first-order valence-corrected chi connectivity index (χ1v) is 9.21. The number of esters is 1. The topological polar surface area (TPSA) is 125 Å². The van der Waals surface area contributed by atoms with E-state index in [9.17, 15) is 40.3 Å². The molecule has 0 aromatic carbocycles. The van der Waals surface area contributed by atoms with Gasteiger partial charge >= 0.3 is 24.6 Å². The second-order valence-electron chi connectivity index (χ2n) is 3.68.